The number of fused-ring (bicyclic) bond motifs is 1. The summed E-state index contributed by atoms with van der Waals surface area (Å²) < 4.78 is 19.7. The number of benzene rings is 2. The number of ether oxygens (including phenoxy) is 1. The lowest BCUT2D eigenvalue weighted by Crippen LogP contribution is -2.27. The molecule has 1 aromatic heterocycles. The highest BCUT2D eigenvalue weighted by molar-refractivity contribution is 5.76. The van der Waals surface area contributed by atoms with E-state index in [1.807, 2.05) is 18.2 Å². The van der Waals surface area contributed by atoms with Gasteiger partial charge in [-0.3, -0.25) is 0 Å². The second-order valence-corrected chi connectivity index (χ2v) is 5.88. The Balaban J connectivity index is 1.55. The van der Waals surface area contributed by atoms with Crippen molar-refractivity contribution in [1.29, 1.82) is 0 Å². The molecule has 0 amide bonds. The van der Waals surface area contributed by atoms with Crippen LogP contribution in [0.2, 0.25) is 0 Å². The Morgan fingerprint density at radius 1 is 1.04 bits per heavy atom. The summed E-state index contributed by atoms with van der Waals surface area (Å²) in [6.07, 6.45) is 2.63. The monoisotopic (exact) mass is 323 g/mol. The van der Waals surface area contributed by atoms with Crippen LogP contribution in [0.4, 0.5) is 10.2 Å². The van der Waals surface area contributed by atoms with Crippen molar-refractivity contribution in [2.24, 2.45) is 0 Å². The van der Waals surface area contributed by atoms with Crippen molar-refractivity contribution in [3.05, 3.63) is 66.1 Å². The van der Waals surface area contributed by atoms with E-state index in [1.165, 1.54) is 11.6 Å². The van der Waals surface area contributed by atoms with Gasteiger partial charge in [-0.25, -0.2) is 14.4 Å². The zero-order valence-electron chi connectivity index (χ0n) is 13.2. The number of anilines is 1. The molecule has 1 aliphatic heterocycles. The molecule has 0 N–H and O–H groups in total. The quantitative estimate of drug-likeness (QED) is 0.720. The van der Waals surface area contributed by atoms with Crippen LogP contribution in [0.5, 0.6) is 0 Å². The van der Waals surface area contributed by atoms with E-state index in [-0.39, 0.29) is 11.9 Å². The van der Waals surface area contributed by atoms with Gasteiger partial charge in [0.1, 0.15) is 11.3 Å². The van der Waals surface area contributed by atoms with Gasteiger partial charge < -0.3 is 9.64 Å². The van der Waals surface area contributed by atoms with E-state index in [1.54, 1.807) is 18.3 Å². The fourth-order valence-corrected chi connectivity index (χ4v) is 3.08. The van der Waals surface area contributed by atoms with Gasteiger partial charge in [0.2, 0.25) is 0 Å². The van der Waals surface area contributed by atoms with Gasteiger partial charge in [-0.05, 0) is 24.1 Å². The van der Waals surface area contributed by atoms with Crippen LogP contribution in [0.15, 0.2) is 54.7 Å². The molecule has 0 aliphatic carbocycles. The van der Waals surface area contributed by atoms with E-state index in [9.17, 15) is 4.39 Å². The molecule has 5 heteroatoms. The van der Waals surface area contributed by atoms with E-state index < -0.39 is 0 Å². The highest BCUT2D eigenvalue weighted by Crippen LogP contribution is 2.26. The number of hydrogen-bond donors (Lipinski definition) is 0. The van der Waals surface area contributed by atoms with E-state index in [0.29, 0.717) is 17.6 Å². The Bertz CT molecular complexity index is 840. The fourth-order valence-electron chi connectivity index (χ4n) is 3.08. The van der Waals surface area contributed by atoms with Gasteiger partial charge >= 0.3 is 0 Å². The number of rotatable bonds is 2. The van der Waals surface area contributed by atoms with Crippen LogP contribution in [0.25, 0.3) is 11.0 Å². The van der Waals surface area contributed by atoms with Gasteiger partial charge in [0, 0.05) is 13.1 Å². The van der Waals surface area contributed by atoms with Crippen molar-refractivity contribution in [2.75, 3.05) is 24.6 Å². The standard InChI is InChI=1S/C19H18FN3O/c20-15-7-4-8-16-19(15)21-13-18(22-16)23-10-9-17(24-12-11-23)14-5-2-1-3-6-14/h1-8,13,17H,9-12H2. The van der Waals surface area contributed by atoms with Gasteiger partial charge in [-0.2, -0.15) is 0 Å². The third-order valence-corrected chi connectivity index (χ3v) is 4.35. The predicted octanol–water partition coefficient (Wildman–Crippen LogP) is 3.74. The van der Waals surface area contributed by atoms with Crippen LogP contribution >= 0.6 is 0 Å². The molecular weight excluding hydrogens is 305 g/mol. The first-order valence-electron chi connectivity index (χ1n) is 8.14. The van der Waals surface area contributed by atoms with E-state index in [4.69, 9.17) is 4.74 Å². The Morgan fingerprint density at radius 3 is 2.79 bits per heavy atom. The molecule has 1 unspecified atom stereocenters. The second-order valence-electron chi connectivity index (χ2n) is 5.88. The Labute approximate surface area is 139 Å². The Morgan fingerprint density at radius 2 is 1.92 bits per heavy atom. The van der Waals surface area contributed by atoms with Crippen molar-refractivity contribution in [3.63, 3.8) is 0 Å². The summed E-state index contributed by atoms with van der Waals surface area (Å²) in [5, 5.41) is 0. The summed E-state index contributed by atoms with van der Waals surface area (Å²) in [5.74, 6) is 0.431. The topological polar surface area (TPSA) is 38.2 Å². The molecule has 0 spiro atoms. The zero-order valence-corrected chi connectivity index (χ0v) is 13.2. The first-order valence-corrected chi connectivity index (χ1v) is 8.14. The average Bonchev–Trinajstić information content (AvgIpc) is 2.89. The molecule has 1 saturated heterocycles. The lowest BCUT2D eigenvalue weighted by atomic mass is 10.1. The first kappa shape index (κ1) is 15.0. The minimum atomic E-state index is -0.338. The summed E-state index contributed by atoms with van der Waals surface area (Å²) in [6.45, 7) is 2.20. The number of halogens is 1. The lowest BCUT2D eigenvalue weighted by molar-refractivity contribution is 0.0647. The highest BCUT2D eigenvalue weighted by atomic mass is 19.1. The fraction of sp³-hybridized carbons (Fsp3) is 0.263. The van der Waals surface area contributed by atoms with Crippen molar-refractivity contribution >= 4 is 16.9 Å². The molecule has 2 heterocycles. The molecular formula is C19H18FN3O. The van der Waals surface area contributed by atoms with Crippen LogP contribution in [0, 0.1) is 5.82 Å². The molecule has 3 aromatic rings. The summed E-state index contributed by atoms with van der Waals surface area (Å²) in [4.78, 5) is 11.0. The minimum Gasteiger partial charge on any atom is -0.372 e. The smallest absolute Gasteiger partial charge is 0.151 e. The van der Waals surface area contributed by atoms with Gasteiger partial charge in [0.25, 0.3) is 0 Å². The maximum atomic E-state index is 13.7. The van der Waals surface area contributed by atoms with Crippen molar-refractivity contribution < 1.29 is 9.13 Å². The maximum absolute atomic E-state index is 13.7. The number of para-hydroxylation sites is 1. The van der Waals surface area contributed by atoms with E-state index >= 15 is 0 Å². The molecule has 0 saturated carbocycles. The molecule has 2 aromatic carbocycles. The van der Waals surface area contributed by atoms with Crippen molar-refractivity contribution in [3.8, 4) is 0 Å². The first-order chi connectivity index (χ1) is 11.8. The molecule has 4 rings (SSSR count). The molecule has 24 heavy (non-hydrogen) atoms. The lowest BCUT2D eigenvalue weighted by Gasteiger charge is -2.20. The van der Waals surface area contributed by atoms with Crippen LogP contribution in [-0.2, 0) is 4.74 Å². The van der Waals surface area contributed by atoms with Gasteiger partial charge in [-0.15, -0.1) is 0 Å². The molecule has 0 radical (unpaired) electrons. The second kappa shape index (κ2) is 6.53. The molecule has 1 fully saturated rings. The van der Waals surface area contributed by atoms with E-state index in [2.05, 4.69) is 27.0 Å². The summed E-state index contributed by atoms with van der Waals surface area (Å²) in [5.41, 5.74) is 2.10. The van der Waals surface area contributed by atoms with Gasteiger partial charge in [-0.1, -0.05) is 36.4 Å². The average molecular weight is 323 g/mol. The minimum absolute atomic E-state index is 0.0991. The number of hydrogen-bond acceptors (Lipinski definition) is 4. The maximum Gasteiger partial charge on any atom is 0.151 e. The molecule has 4 nitrogen and oxygen atoms in total. The predicted molar refractivity (Wildman–Crippen MR) is 91.5 cm³/mol. The normalized spacial score (nSPS) is 18.5. The Hall–Kier alpha value is -2.53. The highest BCUT2D eigenvalue weighted by Gasteiger charge is 2.20. The Kier molecular flexibility index (Phi) is 4.09. The SMILES string of the molecule is Fc1cccc2nc(N3CCOC(c4ccccc4)CC3)cnc12. The summed E-state index contributed by atoms with van der Waals surface area (Å²) in [6, 6.07) is 15.1. The van der Waals surface area contributed by atoms with Crippen molar-refractivity contribution in [2.45, 2.75) is 12.5 Å². The third kappa shape index (κ3) is 2.95. The third-order valence-electron chi connectivity index (χ3n) is 4.35. The molecule has 0 bridgehead atoms. The molecule has 122 valence electrons. The van der Waals surface area contributed by atoms with Gasteiger partial charge in [0.15, 0.2) is 5.82 Å². The zero-order chi connectivity index (χ0) is 16.4. The van der Waals surface area contributed by atoms with E-state index in [0.717, 1.165) is 25.3 Å². The van der Waals surface area contributed by atoms with Crippen LogP contribution in [0.1, 0.15) is 18.1 Å². The molecule has 1 atom stereocenters. The van der Waals surface area contributed by atoms with Crippen LogP contribution in [0.3, 0.4) is 0 Å². The summed E-state index contributed by atoms with van der Waals surface area (Å²) in [7, 11) is 0. The van der Waals surface area contributed by atoms with Crippen molar-refractivity contribution in [1.82, 2.24) is 9.97 Å². The van der Waals surface area contributed by atoms with Crippen LogP contribution in [-0.4, -0.2) is 29.7 Å². The number of aromatic nitrogens is 2. The largest absolute Gasteiger partial charge is 0.372 e. The molecule has 1 aliphatic rings. The van der Waals surface area contributed by atoms with Gasteiger partial charge in [0.05, 0.1) is 24.4 Å². The summed E-state index contributed by atoms with van der Waals surface area (Å²) >= 11 is 0. The van der Waals surface area contributed by atoms with Crippen LogP contribution < -0.4 is 4.90 Å². The number of nitrogens with zero attached hydrogens (tertiary/aromatic N) is 3.